The van der Waals surface area contributed by atoms with Crippen LogP contribution >= 0.6 is 0 Å². The molecule has 0 aliphatic rings. The number of carboxylic acids is 1. The molecule has 1 aromatic carbocycles. The molecule has 0 saturated carbocycles. The van der Waals surface area contributed by atoms with Crippen LogP contribution in [0.1, 0.15) is 31.1 Å². The number of methoxy groups -OCH3 is 1. The first-order valence-corrected chi connectivity index (χ1v) is 6.21. The van der Waals surface area contributed by atoms with Crippen LogP contribution in [0.2, 0.25) is 0 Å². The van der Waals surface area contributed by atoms with Crippen LogP contribution in [0.3, 0.4) is 0 Å². The van der Waals surface area contributed by atoms with Crippen molar-refractivity contribution in [2.75, 3.05) is 12.4 Å². The number of hydrogen-bond acceptors (Lipinski definition) is 5. The van der Waals surface area contributed by atoms with Gasteiger partial charge in [0.25, 0.3) is 5.91 Å². The van der Waals surface area contributed by atoms with E-state index < -0.39 is 17.8 Å². The molecule has 22 heavy (non-hydrogen) atoms. The molecular formula is C15H12N2O5. The van der Waals surface area contributed by atoms with E-state index in [9.17, 15) is 14.4 Å². The van der Waals surface area contributed by atoms with E-state index in [0.717, 1.165) is 0 Å². The Morgan fingerprint density at radius 3 is 2.32 bits per heavy atom. The van der Waals surface area contributed by atoms with Gasteiger partial charge in [-0.1, -0.05) is 0 Å². The summed E-state index contributed by atoms with van der Waals surface area (Å²) < 4.78 is 4.56. The van der Waals surface area contributed by atoms with Gasteiger partial charge in [-0.2, -0.15) is 0 Å². The molecule has 7 nitrogen and oxygen atoms in total. The van der Waals surface area contributed by atoms with E-state index in [1.165, 1.54) is 49.7 Å². The van der Waals surface area contributed by atoms with Crippen molar-refractivity contribution in [3.8, 4) is 0 Å². The molecule has 0 fully saturated rings. The summed E-state index contributed by atoms with van der Waals surface area (Å²) in [5, 5.41) is 11.5. The molecule has 112 valence electrons. The highest BCUT2D eigenvalue weighted by Gasteiger charge is 2.15. The fraction of sp³-hybridized carbons (Fsp3) is 0.0667. The van der Waals surface area contributed by atoms with Gasteiger partial charge in [0, 0.05) is 11.8 Å². The molecule has 2 aromatic rings. The third-order valence-corrected chi connectivity index (χ3v) is 2.84. The number of aromatic nitrogens is 1. The largest absolute Gasteiger partial charge is 0.478 e. The maximum Gasteiger partial charge on any atom is 0.339 e. The lowest BCUT2D eigenvalue weighted by Gasteiger charge is -2.07. The molecule has 0 aliphatic carbocycles. The molecule has 0 bridgehead atoms. The molecule has 0 spiro atoms. The number of rotatable bonds is 4. The molecule has 0 unspecified atom stereocenters. The van der Waals surface area contributed by atoms with E-state index in [4.69, 9.17) is 5.11 Å². The molecule has 0 radical (unpaired) electrons. The maximum atomic E-state index is 12.1. The minimum Gasteiger partial charge on any atom is -0.478 e. The lowest BCUT2D eigenvalue weighted by atomic mass is 10.1. The van der Waals surface area contributed by atoms with Crippen LogP contribution in [0.5, 0.6) is 0 Å². The molecular weight excluding hydrogens is 288 g/mol. The highest BCUT2D eigenvalue weighted by molar-refractivity contribution is 6.07. The number of ether oxygens (including phenoxy) is 1. The first-order chi connectivity index (χ1) is 10.5. The van der Waals surface area contributed by atoms with Crippen LogP contribution in [-0.4, -0.2) is 35.0 Å². The number of anilines is 1. The summed E-state index contributed by atoms with van der Waals surface area (Å²) in [4.78, 5) is 38.3. The first-order valence-electron chi connectivity index (χ1n) is 6.21. The Kier molecular flexibility index (Phi) is 4.47. The molecule has 0 saturated heterocycles. The van der Waals surface area contributed by atoms with Gasteiger partial charge in [-0.25, -0.2) is 14.6 Å². The number of benzene rings is 1. The second-order valence-electron chi connectivity index (χ2n) is 4.23. The number of esters is 1. The number of aromatic carboxylic acids is 1. The zero-order valence-electron chi connectivity index (χ0n) is 11.6. The van der Waals surface area contributed by atoms with Crippen molar-refractivity contribution in [1.82, 2.24) is 4.98 Å². The molecule has 0 atom stereocenters. The number of hydrogen-bond donors (Lipinski definition) is 2. The number of carbonyl (C=O) groups is 3. The van der Waals surface area contributed by atoms with Crippen molar-refractivity contribution in [1.29, 1.82) is 0 Å². The molecule has 7 heteroatoms. The van der Waals surface area contributed by atoms with Gasteiger partial charge in [0.15, 0.2) is 0 Å². The van der Waals surface area contributed by atoms with Crippen LogP contribution in [0.4, 0.5) is 5.82 Å². The van der Waals surface area contributed by atoms with E-state index in [1.807, 2.05) is 0 Å². The van der Waals surface area contributed by atoms with Crippen molar-refractivity contribution in [3.63, 3.8) is 0 Å². The van der Waals surface area contributed by atoms with Gasteiger partial charge in [0.1, 0.15) is 11.4 Å². The molecule has 1 heterocycles. The SMILES string of the molecule is COC(=O)c1ccc(C(=O)Nc2ncccc2C(=O)O)cc1. The topological polar surface area (TPSA) is 106 Å². The van der Waals surface area contributed by atoms with Gasteiger partial charge < -0.3 is 15.2 Å². The molecule has 2 rings (SSSR count). The number of pyridine rings is 1. The number of nitrogens with one attached hydrogen (secondary N) is 1. The predicted octanol–water partition coefficient (Wildman–Crippen LogP) is 1.82. The van der Waals surface area contributed by atoms with Crippen LogP contribution < -0.4 is 5.32 Å². The second-order valence-corrected chi connectivity index (χ2v) is 4.23. The van der Waals surface area contributed by atoms with Gasteiger partial charge in [0.2, 0.25) is 0 Å². The molecule has 1 aromatic heterocycles. The standard InChI is InChI=1S/C15H12N2O5/c1-22-15(21)10-6-4-9(5-7-10)13(18)17-12-11(14(19)20)3-2-8-16-12/h2-8H,1H3,(H,19,20)(H,16,17,18). The average Bonchev–Trinajstić information content (AvgIpc) is 2.54. The summed E-state index contributed by atoms with van der Waals surface area (Å²) >= 11 is 0. The third kappa shape index (κ3) is 3.26. The van der Waals surface area contributed by atoms with Gasteiger partial charge in [0.05, 0.1) is 12.7 Å². The van der Waals surface area contributed by atoms with Crippen LogP contribution in [-0.2, 0) is 4.74 Å². The van der Waals surface area contributed by atoms with Crippen LogP contribution in [0.15, 0.2) is 42.6 Å². The summed E-state index contributed by atoms with van der Waals surface area (Å²) in [6.07, 6.45) is 1.38. The normalized spacial score (nSPS) is 9.86. The zero-order chi connectivity index (χ0) is 16.1. The maximum absolute atomic E-state index is 12.1. The van der Waals surface area contributed by atoms with Gasteiger partial charge in [-0.15, -0.1) is 0 Å². The Bertz CT molecular complexity index is 725. The van der Waals surface area contributed by atoms with Crippen molar-refractivity contribution in [3.05, 3.63) is 59.3 Å². The quantitative estimate of drug-likeness (QED) is 0.834. The number of carboxylic acid groups (broad SMARTS) is 1. The number of carbonyl (C=O) groups excluding carboxylic acids is 2. The summed E-state index contributed by atoms with van der Waals surface area (Å²) in [7, 11) is 1.26. The summed E-state index contributed by atoms with van der Waals surface area (Å²) in [6.45, 7) is 0. The molecule has 1 amide bonds. The van der Waals surface area contributed by atoms with E-state index in [0.29, 0.717) is 5.56 Å². The van der Waals surface area contributed by atoms with Gasteiger partial charge in [-0.3, -0.25) is 4.79 Å². The number of nitrogens with zero attached hydrogens (tertiary/aromatic N) is 1. The van der Waals surface area contributed by atoms with E-state index in [1.54, 1.807) is 0 Å². The molecule has 0 aliphatic heterocycles. The van der Waals surface area contributed by atoms with Crippen LogP contribution in [0.25, 0.3) is 0 Å². The summed E-state index contributed by atoms with van der Waals surface area (Å²) in [5.41, 5.74) is 0.458. The Hall–Kier alpha value is -3.22. The third-order valence-electron chi connectivity index (χ3n) is 2.84. The average molecular weight is 300 g/mol. The lowest BCUT2D eigenvalue weighted by molar-refractivity contribution is 0.0599. The number of amides is 1. The Labute approximate surface area is 125 Å². The molecule has 2 N–H and O–H groups in total. The highest BCUT2D eigenvalue weighted by atomic mass is 16.5. The predicted molar refractivity (Wildman–Crippen MR) is 76.9 cm³/mol. The van der Waals surface area contributed by atoms with E-state index >= 15 is 0 Å². The fourth-order valence-electron chi connectivity index (χ4n) is 1.73. The van der Waals surface area contributed by atoms with Crippen molar-refractivity contribution < 1.29 is 24.2 Å². The van der Waals surface area contributed by atoms with Gasteiger partial charge in [-0.05, 0) is 36.4 Å². The highest BCUT2D eigenvalue weighted by Crippen LogP contribution is 2.13. The Balaban J connectivity index is 2.19. The Morgan fingerprint density at radius 2 is 1.73 bits per heavy atom. The summed E-state index contributed by atoms with van der Waals surface area (Å²) in [6, 6.07) is 8.56. The second kappa shape index (κ2) is 6.49. The van der Waals surface area contributed by atoms with Crippen molar-refractivity contribution in [2.45, 2.75) is 0 Å². The monoisotopic (exact) mass is 300 g/mol. The van der Waals surface area contributed by atoms with Crippen LogP contribution in [0, 0.1) is 0 Å². The van der Waals surface area contributed by atoms with E-state index in [-0.39, 0.29) is 16.9 Å². The van der Waals surface area contributed by atoms with Crippen molar-refractivity contribution >= 4 is 23.7 Å². The first kappa shape index (κ1) is 15.2. The zero-order valence-corrected chi connectivity index (χ0v) is 11.6. The Morgan fingerprint density at radius 1 is 1.09 bits per heavy atom. The fourth-order valence-corrected chi connectivity index (χ4v) is 1.73. The lowest BCUT2D eigenvalue weighted by Crippen LogP contribution is -2.16. The summed E-state index contributed by atoms with van der Waals surface area (Å²) in [5.74, 6) is -2.27. The van der Waals surface area contributed by atoms with E-state index in [2.05, 4.69) is 15.0 Å². The van der Waals surface area contributed by atoms with Crippen molar-refractivity contribution in [2.24, 2.45) is 0 Å². The van der Waals surface area contributed by atoms with Gasteiger partial charge >= 0.3 is 11.9 Å². The smallest absolute Gasteiger partial charge is 0.339 e. The minimum atomic E-state index is -1.19. The minimum absolute atomic E-state index is 0.0444.